The number of benzene rings is 11. The predicted molar refractivity (Wildman–Crippen MR) is 241 cm³/mol. The molecule has 0 bridgehead atoms. The summed E-state index contributed by atoms with van der Waals surface area (Å²) >= 11 is 0. The van der Waals surface area contributed by atoms with E-state index >= 15 is 0 Å². The summed E-state index contributed by atoms with van der Waals surface area (Å²) in [6.45, 7) is 0. The van der Waals surface area contributed by atoms with Crippen LogP contribution >= 0.6 is 0 Å². The largest absolute Gasteiger partial charge is 0.0622 e. The summed E-state index contributed by atoms with van der Waals surface area (Å²) < 4.78 is 0. The van der Waals surface area contributed by atoms with Crippen molar-refractivity contribution < 1.29 is 0 Å². The van der Waals surface area contributed by atoms with Crippen LogP contribution < -0.4 is 0 Å². The molecule has 0 aliphatic carbocycles. The molecule has 0 radical (unpaired) electrons. The molecule has 260 valence electrons. The maximum Gasteiger partial charge on any atom is -0.00928 e. The maximum atomic E-state index is 2.42. The molecule has 0 nitrogen and oxygen atoms in total. The summed E-state index contributed by atoms with van der Waals surface area (Å²) in [5.74, 6) is 0. The average Bonchev–Trinajstić information content (AvgIpc) is 3.28. The summed E-state index contributed by atoms with van der Waals surface area (Å²) in [7, 11) is 0. The lowest BCUT2D eigenvalue weighted by Crippen LogP contribution is -1.90. The smallest absolute Gasteiger partial charge is 0.00928 e. The van der Waals surface area contributed by atoms with Gasteiger partial charge in [0.05, 0.1) is 0 Å². The molecule has 0 aliphatic rings. The second kappa shape index (κ2) is 13.2. The van der Waals surface area contributed by atoms with Crippen molar-refractivity contribution in [2.75, 3.05) is 0 Å². The van der Waals surface area contributed by atoms with Crippen LogP contribution in [-0.4, -0.2) is 0 Å². The molecule has 11 aromatic rings. The molecule has 0 atom stereocenters. The highest BCUT2D eigenvalue weighted by atomic mass is 14.2. The summed E-state index contributed by atoms with van der Waals surface area (Å²) in [5.41, 5.74) is 12.3. The van der Waals surface area contributed by atoms with E-state index in [0.29, 0.717) is 0 Å². The van der Waals surface area contributed by atoms with Crippen molar-refractivity contribution in [3.63, 3.8) is 0 Å². The highest BCUT2D eigenvalue weighted by molar-refractivity contribution is 6.16. The van der Waals surface area contributed by atoms with E-state index in [1.165, 1.54) is 109 Å². The number of hydrogen-bond acceptors (Lipinski definition) is 0. The SMILES string of the molecule is c1ccc(-c2cc3ccccc3cc2-c2ccc3c(c2)c(-c2ccccc2)cc2cc(-c4ccc(-c5ccc6ccccc6c5)c5ccccc45)ccc23)cc1. The Morgan fingerprint density at radius 2 is 0.589 bits per heavy atom. The fraction of sp³-hybridized carbons (Fsp3) is 0. The van der Waals surface area contributed by atoms with Crippen LogP contribution in [0.4, 0.5) is 0 Å². The van der Waals surface area contributed by atoms with Gasteiger partial charge in [-0.1, -0.05) is 182 Å². The van der Waals surface area contributed by atoms with E-state index in [1.54, 1.807) is 0 Å². The van der Waals surface area contributed by atoms with Gasteiger partial charge in [-0.3, -0.25) is 0 Å². The van der Waals surface area contributed by atoms with Crippen LogP contribution in [0.2, 0.25) is 0 Å². The quantitative estimate of drug-likeness (QED) is 0.156. The molecule has 0 amide bonds. The van der Waals surface area contributed by atoms with E-state index in [1.807, 2.05) is 0 Å². The van der Waals surface area contributed by atoms with E-state index in [-0.39, 0.29) is 0 Å². The van der Waals surface area contributed by atoms with Crippen molar-refractivity contribution in [1.82, 2.24) is 0 Å². The minimum absolute atomic E-state index is 1.22. The maximum absolute atomic E-state index is 2.42. The van der Waals surface area contributed by atoms with E-state index in [2.05, 4.69) is 218 Å². The molecule has 0 heterocycles. The molecule has 0 unspecified atom stereocenters. The summed E-state index contributed by atoms with van der Waals surface area (Å²) in [6.07, 6.45) is 0. The molecule has 0 aromatic heterocycles. The third-order valence-corrected chi connectivity index (χ3v) is 11.6. The van der Waals surface area contributed by atoms with Crippen molar-refractivity contribution in [1.29, 1.82) is 0 Å². The standard InChI is InChI=1S/C56H36/c1-3-14-38(15-4-1)53-33-41-19-9-10-20-42(41)34-55(53)45-26-28-52-49-27-25-44(32-46(49)36-54(56(52)35-45)39-16-5-2-6-17-39)48-30-29-47(50-21-11-12-22-51(48)50)43-24-23-37-13-7-8-18-40(37)31-43/h1-36H. The Kier molecular flexibility index (Phi) is 7.60. The third kappa shape index (κ3) is 5.46. The zero-order valence-corrected chi connectivity index (χ0v) is 30.8. The summed E-state index contributed by atoms with van der Waals surface area (Å²) in [4.78, 5) is 0. The van der Waals surface area contributed by atoms with Gasteiger partial charge in [-0.15, -0.1) is 0 Å². The fourth-order valence-electron chi connectivity index (χ4n) is 8.85. The topological polar surface area (TPSA) is 0 Å². The van der Waals surface area contributed by atoms with Crippen molar-refractivity contribution in [2.24, 2.45) is 0 Å². The zero-order valence-electron chi connectivity index (χ0n) is 30.8. The molecule has 56 heavy (non-hydrogen) atoms. The molecule has 0 fully saturated rings. The number of fused-ring (bicyclic) bond motifs is 6. The van der Waals surface area contributed by atoms with E-state index in [0.717, 1.165) is 0 Å². The van der Waals surface area contributed by atoms with Crippen molar-refractivity contribution >= 4 is 53.9 Å². The van der Waals surface area contributed by atoms with Gasteiger partial charge in [0.25, 0.3) is 0 Å². The van der Waals surface area contributed by atoms with Crippen LogP contribution in [0.15, 0.2) is 218 Å². The monoisotopic (exact) mass is 708 g/mol. The van der Waals surface area contributed by atoms with Gasteiger partial charge in [-0.05, 0) is 146 Å². The van der Waals surface area contributed by atoms with Crippen LogP contribution in [0.25, 0.3) is 109 Å². The van der Waals surface area contributed by atoms with E-state index in [9.17, 15) is 0 Å². The first-order valence-electron chi connectivity index (χ1n) is 19.4. The second-order valence-corrected chi connectivity index (χ2v) is 14.9. The zero-order chi connectivity index (χ0) is 37.0. The Hall–Kier alpha value is -7.28. The van der Waals surface area contributed by atoms with Crippen LogP contribution in [-0.2, 0) is 0 Å². The van der Waals surface area contributed by atoms with Crippen LogP contribution in [0, 0.1) is 0 Å². The number of rotatable bonds is 5. The Labute approximate surface area is 326 Å². The molecule has 0 aliphatic heterocycles. The highest BCUT2D eigenvalue weighted by Gasteiger charge is 2.16. The number of hydrogen-bond donors (Lipinski definition) is 0. The second-order valence-electron chi connectivity index (χ2n) is 14.9. The predicted octanol–water partition coefficient (Wildman–Crippen LogP) is 15.8. The molecular weight excluding hydrogens is 673 g/mol. The van der Waals surface area contributed by atoms with E-state index < -0.39 is 0 Å². The summed E-state index contributed by atoms with van der Waals surface area (Å²) in [6, 6.07) is 80.4. The van der Waals surface area contributed by atoms with Gasteiger partial charge in [0.1, 0.15) is 0 Å². The molecule has 0 heteroatoms. The lowest BCUT2D eigenvalue weighted by atomic mass is 9.87. The van der Waals surface area contributed by atoms with Crippen molar-refractivity contribution in [3.8, 4) is 55.6 Å². The lowest BCUT2D eigenvalue weighted by molar-refractivity contribution is 1.61. The lowest BCUT2D eigenvalue weighted by Gasteiger charge is -2.17. The Bertz CT molecular complexity index is 3280. The molecule has 0 saturated carbocycles. The van der Waals surface area contributed by atoms with Gasteiger partial charge in [-0.25, -0.2) is 0 Å². The van der Waals surface area contributed by atoms with Crippen LogP contribution in [0.1, 0.15) is 0 Å². The van der Waals surface area contributed by atoms with Gasteiger partial charge in [0, 0.05) is 0 Å². The molecule has 11 aromatic carbocycles. The molecule has 11 rings (SSSR count). The molecular formula is C56H36. The van der Waals surface area contributed by atoms with Gasteiger partial charge >= 0.3 is 0 Å². The van der Waals surface area contributed by atoms with Gasteiger partial charge in [0.15, 0.2) is 0 Å². The first-order chi connectivity index (χ1) is 27.7. The summed E-state index contributed by atoms with van der Waals surface area (Å²) in [5, 5.41) is 12.5. The Balaban J connectivity index is 1.09. The van der Waals surface area contributed by atoms with Crippen molar-refractivity contribution in [3.05, 3.63) is 218 Å². The van der Waals surface area contributed by atoms with Gasteiger partial charge < -0.3 is 0 Å². The van der Waals surface area contributed by atoms with Gasteiger partial charge in [-0.2, -0.15) is 0 Å². The average molecular weight is 709 g/mol. The van der Waals surface area contributed by atoms with Crippen LogP contribution in [0.3, 0.4) is 0 Å². The molecule has 0 N–H and O–H groups in total. The molecule has 0 saturated heterocycles. The Morgan fingerprint density at radius 3 is 1.21 bits per heavy atom. The fourth-order valence-corrected chi connectivity index (χ4v) is 8.85. The Morgan fingerprint density at radius 1 is 0.161 bits per heavy atom. The minimum atomic E-state index is 1.22. The third-order valence-electron chi connectivity index (χ3n) is 11.6. The minimum Gasteiger partial charge on any atom is -0.0622 e. The van der Waals surface area contributed by atoms with Crippen LogP contribution in [0.5, 0.6) is 0 Å². The highest BCUT2D eigenvalue weighted by Crippen LogP contribution is 2.43. The van der Waals surface area contributed by atoms with Crippen molar-refractivity contribution in [2.45, 2.75) is 0 Å². The normalized spacial score (nSPS) is 11.6. The van der Waals surface area contributed by atoms with Gasteiger partial charge in [0.2, 0.25) is 0 Å². The first kappa shape index (κ1) is 32.2. The van der Waals surface area contributed by atoms with E-state index in [4.69, 9.17) is 0 Å². The molecule has 0 spiro atoms. The first-order valence-corrected chi connectivity index (χ1v) is 19.4.